The van der Waals surface area contributed by atoms with Crippen molar-refractivity contribution in [2.24, 2.45) is 0 Å². The maximum atomic E-state index is 12.8. The highest BCUT2D eigenvalue weighted by molar-refractivity contribution is 14.1. The summed E-state index contributed by atoms with van der Waals surface area (Å²) in [5.74, 6) is 2.14. The number of methoxy groups -OCH3 is 2. The minimum atomic E-state index is 0.0453. The van der Waals surface area contributed by atoms with E-state index in [1.807, 2.05) is 34.1 Å². The summed E-state index contributed by atoms with van der Waals surface area (Å²) in [7, 11) is 3.16. The molecule has 9 heteroatoms. The van der Waals surface area contributed by atoms with Crippen LogP contribution < -0.4 is 20.1 Å². The standard InChI is InChI=1S/C21H22IN5O3/c1-29-17-11-15-16(12-18(17)30-2)24-21(25-19(15)23)27-8-6-26(7-9-27)20(28)13-4-3-5-14(22)10-13/h3-5,10-12H,6-9H2,1-2H3,(H2,23,24,25). The third-order valence-corrected chi connectivity index (χ3v) is 5.81. The Morgan fingerprint density at radius 2 is 1.73 bits per heavy atom. The van der Waals surface area contributed by atoms with Gasteiger partial charge in [-0.1, -0.05) is 6.07 Å². The number of carbonyl (C=O) groups excluding carboxylic acids is 1. The van der Waals surface area contributed by atoms with Crippen LogP contribution in [-0.2, 0) is 0 Å². The summed E-state index contributed by atoms with van der Waals surface area (Å²) in [5.41, 5.74) is 7.60. The normalized spacial score (nSPS) is 14.1. The maximum absolute atomic E-state index is 12.8. The van der Waals surface area contributed by atoms with Gasteiger partial charge < -0.3 is 25.0 Å². The van der Waals surface area contributed by atoms with Crippen molar-refractivity contribution in [3.8, 4) is 11.5 Å². The number of amides is 1. The van der Waals surface area contributed by atoms with Crippen LogP contribution in [0.3, 0.4) is 0 Å². The lowest BCUT2D eigenvalue weighted by Gasteiger charge is -2.35. The van der Waals surface area contributed by atoms with Crippen molar-refractivity contribution in [3.63, 3.8) is 0 Å². The third kappa shape index (κ3) is 3.93. The monoisotopic (exact) mass is 519 g/mol. The number of rotatable bonds is 4. The molecular formula is C21H22IN5O3. The van der Waals surface area contributed by atoms with Crippen molar-refractivity contribution in [2.75, 3.05) is 51.0 Å². The van der Waals surface area contributed by atoms with Gasteiger partial charge in [0.1, 0.15) is 5.82 Å². The van der Waals surface area contributed by atoms with Crippen LogP contribution in [0.15, 0.2) is 36.4 Å². The van der Waals surface area contributed by atoms with Crippen LogP contribution in [-0.4, -0.2) is 61.2 Å². The van der Waals surface area contributed by atoms with Crippen molar-refractivity contribution < 1.29 is 14.3 Å². The van der Waals surface area contributed by atoms with Crippen LogP contribution in [0.1, 0.15) is 10.4 Å². The molecule has 30 heavy (non-hydrogen) atoms. The molecule has 1 aliphatic rings. The Bertz CT molecular complexity index is 1100. The predicted octanol–water partition coefficient (Wildman–Crippen LogP) is 2.80. The zero-order valence-electron chi connectivity index (χ0n) is 16.8. The number of fused-ring (bicyclic) bond motifs is 1. The summed E-state index contributed by atoms with van der Waals surface area (Å²) in [4.78, 5) is 25.9. The fourth-order valence-corrected chi connectivity index (χ4v) is 4.06. The second kappa shape index (κ2) is 8.50. The molecule has 1 aliphatic heterocycles. The van der Waals surface area contributed by atoms with Gasteiger partial charge in [0.25, 0.3) is 5.91 Å². The van der Waals surface area contributed by atoms with Crippen molar-refractivity contribution in [1.82, 2.24) is 14.9 Å². The molecule has 0 saturated carbocycles. The highest BCUT2D eigenvalue weighted by atomic mass is 127. The largest absolute Gasteiger partial charge is 0.493 e. The van der Waals surface area contributed by atoms with Gasteiger partial charge in [-0.15, -0.1) is 0 Å². The molecule has 2 heterocycles. The van der Waals surface area contributed by atoms with Crippen LogP contribution in [0, 0.1) is 3.57 Å². The number of hydrogen-bond donors (Lipinski definition) is 1. The van der Waals surface area contributed by atoms with Gasteiger partial charge in [-0.25, -0.2) is 4.98 Å². The van der Waals surface area contributed by atoms with Gasteiger partial charge in [0.05, 0.1) is 19.7 Å². The van der Waals surface area contributed by atoms with Gasteiger partial charge >= 0.3 is 0 Å². The molecule has 0 bridgehead atoms. The van der Waals surface area contributed by atoms with Gasteiger partial charge in [-0.05, 0) is 46.9 Å². The van der Waals surface area contributed by atoms with Gasteiger partial charge in [0, 0.05) is 46.8 Å². The fourth-order valence-electron chi connectivity index (χ4n) is 3.52. The lowest BCUT2D eigenvalue weighted by atomic mass is 10.2. The Kier molecular flexibility index (Phi) is 5.80. The average molecular weight is 519 g/mol. The first-order valence-corrected chi connectivity index (χ1v) is 10.6. The van der Waals surface area contributed by atoms with E-state index in [-0.39, 0.29) is 5.91 Å². The second-order valence-electron chi connectivity index (χ2n) is 6.92. The summed E-state index contributed by atoms with van der Waals surface area (Å²) in [6, 6.07) is 11.2. The van der Waals surface area contributed by atoms with Crippen LogP contribution in [0.4, 0.5) is 11.8 Å². The van der Waals surface area contributed by atoms with Gasteiger partial charge in [-0.3, -0.25) is 4.79 Å². The summed E-state index contributed by atoms with van der Waals surface area (Å²) in [5, 5.41) is 0.712. The molecule has 3 aromatic rings. The number of anilines is 2. The molecule has 0 radical (unpaired) electrons. The second-order valence-corrected chi connectivity index (χ2v) is 8.17. The zero-order chi connectivity index (χ0) is 21.3. The van der Waals surface area contributed by atoms with Crippen LogP contribution in [0.2, 0.25) is 0 Å². The molecule has 0 unspecified atom stereocenters. The first kappa shape index (κ1) is 20.5. The average Bonchev–Trinajstić information content (AvgIpc) is 2.77. The molecule has 4 rings (SSSR count). The Labute approximate surface area is 188 Å². The molecule has 1 amide bonds. The molecule has 1 fully saturated rings. The Balaban J connectivity index is 1.53. The van der Waals surface area contributed by atoms with Crippen LogP contribution >= 0.6 is 22.6 Å². The summed E-state index contributed by atoms with van der Waals surface area (Å²) in [6.45, 7) is 2.46. The number of benzene rings is 2. The SMILES string of the molecule is COc1cc2nc(N3CCN(C(=O)c4cccc(I)c4)CC3)nc(N)c2cc1OC. The Morgan fingerprint density at radius 1 is 1.03 bits per heavy atom. The molecule has 0 aliphatic carbocycles. The molecule has 2 N–H and O–H groups in total. The molecule has 2 aromatic carbocycles. The van der Waals surface area contributed by atoms with Gasteiger partial charge in [-0.2, -0.15) is 4.98 Å². The molecule has 1 aromatic heterocycles. The molecule has 156 valence electrons. The topological polar surface area (TPSA) is 93.8 Å². The predicted molar refractivity (Wildman–Crippen MR) is 124 cm³/mol. The van der Waals surface area contributed by atoms with Crippen LogP contribution in [0.25, 0.3) is 10.9 Å². The zero-order valence-corrected chi connectivity index (χ0v) is 18.9. The van der Waals surface area contributed by atoms with Crippen molar-refractivity contribution in [3.05, 3.63) is 45.5 Å². The molecule has 8 nitrogen and oxygen atoms in total. The Hall–Kier alpha value is -2.82. The number of halogens is 1. The van der Waals surface area contributed by atoms with Crippen LogP contribution in [0.5, 0.6) is 11.5 Å². The van der Waals surface area contributed by atoms with E-state index in [1.165, 1.54) is 0 Å². The van der Waals surface area contributed by atoms with E-state index in [0.717, 1.165) is 3.57 Å². The molecule has 1 saturated heterocycles. The summed E-state index contributed by atoms with van der Waals surface area (Å²) in [6.07, 6.45) is 0. The van der Waals surface area contributed by atoms with E-state index < -0.39 is 0 Å². The van der Waals surface area contributed by atoms with E-state index in [9.17, 15) is 4.79 Å². The number of carbonyl (C=O) groups is 1. The van der Waals surface area contributed by atoms with E-state index >= 15 is 0 Å². The van der Waals surface area contributed by atoms with E-state index in [2.05, 4.69) is 32.6 Å². The first-order valence-electron chi connectivity index (χ1n) is 9.49. The number of hydrogen-bond acceptors (Lipinski definition) is 7. The lowest BCUT2D eigenvalue weighted by Crippen LogP contribution is -2.49. The highest BCUT2D eigenvalue weighted by Gasteiger charge is 2.24. The van der Waals surface area contributed by atoms with Gasteiger partial charge in [0.2, 0.25) is 5.95 Å². The summed E-state index contributed by atoms with van der Waals surface area (Å²) >= 11 is 2.22. The van der Waals surface area contributed by atoms with E-state index in [1.54, 1.807) is 26.4 Å². The van der Waals surface area contributed by atoms with Crippen molar-refractivity contribution >= 4 is 51.2 Å². The fraction of sp³-hybridized carbons (Fsp3) is 0.286. The van der Waals surface area contributed by atoms with Crippen molar-refractivity contribution in [1.29, 1.82) is 0 Å². The van der Waals surface area contributed by atoms with Crippen molar-refractivity contribution in [2.45, 2.75) is 0 Å². The first-order chi connectivity index (χ1) is 14.5. The smallest absolute Gasteiger partial charge is 0.254 e. The quantitative estimate of drug-likeness (QED) is 0.530. The molecule has 0 spiro atoms. The lowest BCUT2D eigenvalue weighted by molar-refractivity contribution is 0.0746. The molecular weight excluding hydrogens is 497 g/mol. The number of nitrogens with two attached hydrogens (primary N) is 1. The number of aromatic nitrogens is 2. The molecule has 0 atom stereocenters. The number of nitrogens with zero attached hydrogens (tertiary/aromatic N) is 4. The highest BCUT2D eigenvalue weighted by Crippen LogP contribution is 2.34. The number of nitrogen functional groups attached to an aromatic ring is 1. The summed E-state index contributed by atoms with van der Waals surface area (Å²) < 4.78 is 11.8. The van der Waals surface area contributed by atoms with Gasteiger partial charge in [0.15, 0.2) is 11.5 Å². The number of piperazine rings is 1. The number of ether oxygens (including phenoxy) is 2. The van der Waals surface area contributed by atoms with E-state index in [4.69, 9.17) is 15.2 Å². The Morgan fingerprint density at radius 3 is 2.40 bits per heavy atom. The minimum Gasteiger partial charge on any atom is -0.493 e. The minimum absolute atomic E-state index is 0.0453. The third-order valence-electron chi connectivity index (χ3n) is 5.14. The van der Waals surface area contributed by atoms with E-state index in [0.29, 0.717) is 65.9 Å². The maximum Gasteiger partial charge on any atom is 0.254 e.